The summed E-state index contributed by atoms with van der Waals surface area (Å²) >= 11 is 0. The molecular formula is C39H50O24. The molecule has 7 rings (SSSR count). The van der Waals surface area contributed by atoms with Crippen LogP contribution in [0.5, 0.6) is 23.0 Å². The summed E-state index contributed by atoms with van der Waals surface area (Å²) in [6.45, 7) is 0.979. The smallest absolute Gasteiger partial charge is 0.239 e. The molecule has 20 atom stereocenters. The van der Waals surface area contributed by atoms with Crippen molar-refractivity contribution in [3.63, 3.8) is 0 Å². The highest BCUT2D eigenvalue weighted by Crippen LogP contribution is 2.40. The summed E-state index contributed by atoms with van der Waals surface area (Å²) < 4.78 is 52.6. The Hall–Kier alpha value is -3.87. The second-order valence-electron chi connectivity index (χ2n) is 15.7. The van der Waals surface area contributed by atoms with E-state index in [9.17, 15) is 76.3 Å². The normalized spacial score (nSPS) is 41.0. The Balaban J connectivity index is 1.31. The van der Waals surface area contributed by atoms with Crippen molar-refractivity contribution < 1.29 is 114 Å². The number of hydrogen-bond donors (Lipinski definition) is 14. The third-order valence-corrected chi connectivity index (χ3v) is 11.4. The van der Waals surface area contributed by atoms with E-state index in [1.54, 1.807) is 0 Å². The van der Waals surface area contributed by atoms with Crippen LogP contribution >= 0.6 is 0 Å². The van der Waals surface area contributed by atoms with Gasteiger partial charge in [0.15, 0.2) is 24.4 Å². The van der Waals surface area contributed by atoms with Crippen LogP contribution in [0.2, 0.25) is 0 Å². The molecule has 63 heavy (non-hydrogen) atoms. The molecule has 0 aliphatic carbocycles. The van der Waals surface area contributed by atoms with E-state index in [1.807, 2.05) is 0 Å². The highest BCUT2D eigenvalue weighted by molar-refractivity contribution is 5.88. The van der Waals surface area contributed by atoms with Crippen LogP contribution in [-0.2, 0) is 28.4 Å². The summed E-state index contributed by atoms with van der Waals surface area (Å²) in [5.74, 6) is -2.34. The van der Waals surface area contributed by atoms with Crippen molar-refractivity contribution >= 4 is 11.0 Å². The van der Waals surface area contributed by atoms with Crippen molar-refractivity contribution in [2.45, 2.75) is 137 Å². The van der Waals surface area contributed by atoms with Crippen molar-refractivity contribution in [1.82, 2.24) is 0 Å². The van der Waals surface area contributed by atoms with E-state index >= 15 is 0 Å². The van der Waals surface area contributed by atoms with Crippen LogP contribution in [0.15, 0.2) is 45.6 Å². The first kappa shape index (κ1) is 47.1. The Kier molecular flexibility index (Phi) is 14.1. The first-order chi connectivity index (χ1) is 29.8. The third-order valence-electron chi connectivity index (χ3n) is 11.4. The van der Waals surface area contributed by atoms with Gasteiger partial charge in [0, 0.05) is 17.7 Å². The lowest BCUT2D eigenvalue weighted by Crippen LogP contribution is -2.67. The molecule has 14 N–H and O–H groups in total. The molecule has 1 aromatic heterocycles. The highest BCUT2D eigenvalue weighted by Gasteiger charge is 2.55. The average Bonchev–Trinajstić information content (AvgIpc) is 3.25. The van der Waals surface area contributed by atoms with Gasteiger partial charge in [-0.25, -0.2) is 0 Å². The van der Waals surface area contributed by atoms with Crippen molar-refractivity contribution in [2.75, 3.05) is 13.2 Å². The van der Waals surface area contributed by atoms with Gasteiger partial charge in [0.1, 0.15) is 108 Å². The number of phenols is 2. The number of aliphatic hydroxyl groups is 12. The maximum absolute atomic E-state index is 14.6. The van der Waals surface area contributed by atoms with Crippen LogP contribution in [0.25, 0.3) is 22.3 Å². The maximum atomic E-state index is 14.6. The van der Waals surface area contributed by atoms with Crippen LogP contribution in [-0.4, -0.2) is 208 Å². The van der Waals surface area contributed by atoms with Crippen molar-refractivity contribution in [3.8, 4) is 34.3 Å². The lowest BCUT2D eigenvalue weighted by atomic mass is 9.96. The summed E-state index contributed by atoms with van der Waals surface area (Å²) in [6.07, 6.45) is -35.0. The van der Waals surface area contributed by atoms with E-state index in [2.05, 4.69) is 0 Å². The molecule has 0 radical (unpaired) electrons. The summed E-state index contributed by atoms with van der Waals surface area (Å²) in [5, 5.41) is 147. The van der Waals surface area contributed by atoms with Gasteiger partial charge in [0.05, 0.1) is 25.4 Å². The van der Waals surface area contributed by atoms with Crippen LogP contribution in [0, 0.1) is 0 Å². The van der Waals surface area contributed by atoms with Gasteiger partial charge in [-0.1, -0.05) is 0 Å². The largest absolute Gasteiger partial charge is 0.508 e. The monoisotopic (exact) mass is 902 g/mol. The SMILES string of the molecule is CC1OC(Oc2cc(O)c3c(=O)c(OC4OC(C)C(O)C(OC5OC(CO)C(O)C(O)C5O)C4OC4OC(CO)C(O)C(O)C4O)c(-c4ccc(O)cc4)oc3c2)C(O)C(O)C1O. The number of aliphatic hydroxyl groups excluding tert-OH is 12. The number of rotatable bonds is 11. The molecule has 24 heteroatoms. The Morgan fingerprint density at radius 2 is 1.06 bits per heavy atom. The molecule has 350 valence electrons. The highest BCUT2D eigenvalue weighted by atomic mass is 16.8. The molecular weight excluding hydrogens is 852 g/mol. The molecule has 0 amide bonds. The van der Waals surface area contributed by atoms with E-state index < -0.39 is 164 Å². The zero-order valence-corrected chi connectivity index (χ0v) is 33.3. The molecule has 2 aromatic carbocycles. The van der Waals surface area contributed by atoms with E-state index in [4.69, 9.17) is 42.3 Å². The predicted octanol–water partition coefficient (Wildman–Crippen LogP) is -5.07. The minimum Gasteiger partial charge on any atom is -0.508 e. The number of aromatic hydroxyl groups is 2. The standard InChI is InChI=1S/C39H50O24/c1-11-21(44)26(49)29(52)36(55-11)57-15-7-16(43)20-17(8-15)58-32(13-3-5-14(42)6-4-13)34(25(20)48)62-39-35(63-38-31(54)28(51)24(47)19(10-41)60-38)33(22(45)12(2)56-39)61-37-30(53)27(50)23(46)18(9-40)59-37/h3-8,11-12,18-19,21-24,26-31,33,35-47,49-54H,9-10H2,1-2H3. The first-order valence-corrected chi connectivity index (χ1v) is 19.8. The molecule has 0 bridgehead atoms. The van der Waals surface area contributed by atoms with E-state index in [0.717, 1.165) is 12.1 Å². The second-order valence-corrected chi connectivity index (χ2v) is 15.7. The summed E-state index contributed by atoms with van der Waals surface area (Å²) in [4.78, 5) is 14.6. The van der Waals surface area contributed by atoms with Gasteiger partial charge in [-0.15, -0.1) is 0 Å². The number of hydrogen-bond acceptors (Lipinski definition) is 24. The fraction of sp³-hybridized carbons (Fsp3) is 0.615. The van der Waals surface area contributed by atoms with Gasteiger partial charge in [-0.2, -0.15) is 0 Å². The van der Waals surface area contributed by atoms with E-state index in [0.29, 0.717) is 0 Å². The van der Waals surface area contributed by atoms with Gasteiger partial charge in [0.2, 0.25) is 23.8 Å². The Bertz CT molecular complexity index is 2080. The zero-order chi connectivity index (χ0) is 45.8. The van der Waals surface area contributed by atoms with Crippen LogP contribution < -0.4 is 14.9 Å². The lowest BCUT2D eigenvalue weighted by molar-refractivity contribution is -0.382. The van der Waals surface area contributed by atoms with Gasteiger partial charge in [-0.05, 0) is 38.1 Å². The summed E-state index contributed by atoms with van der Waals surface area (Å²) in [6, 6.07) is 7.17. The Morgan fingerprint density at radius 1 is 0.556 bits per heavy atom. The van der Waals surface area contributed by atoms with E-state index in [-0.39, 0.29) is 22.6 Å². The Morgan fingerprint density at radius 3 is 1.63 bits per heavy atom. The van der Waals surface area contributed by atoms with Crippen molar-refractivity contribution in [3.05, 3.63) is 46.6 Å². The van der Waals surface area contributed by atoms with Gasteiger partial charge in [0.25, 0.3) is 0 Å². The first-order valence-electron chi connectivity index (χ1n) is 19.8. The minimum absolute atomic E-state index is 0.0639. The topological polar surface area (TPSA) is 387 Å². The fourth-order valence-electron chi connectivity index (χ4n) is 7.65. The minimum atomic E-state index is -2.07. The quantitative estimate of drug-likeness (QED) is 0.0856. The molecule has 4 aliphatic rings. The average molecular weight is 903 g/mol. The Labute approximate surface area is 355 Å². The molecule has 5 heterocycles. The van der Waals surface area contributed by atoms with Crippen LogP contribution in [0.4, 0.5) is 0 Å². The maximum Gasteiger partial charge on any atom is 0.239 e. The summed E-state index contributed by atoms with van der Waals surface area (Å²) in [7, 11) is 0. The number of fused-ring (bicyclic) bond motifs is 1. The predicted molar refractivity (Wildman–Crippen MR) is 202 cm³/mol. The van der Waals surface area contributed by atoms with Gasteiger partial charge in [-0.3, -0.25) is 4.79 Å². The third kappa shape index (κ3) is 9.07. The number of phenolic OH excluding ortho intramolecular Hbond substituents is 2. The van der Waals surface area contributed by atoms with E-state index in [1.165, 1.54) is 38.1 Å². The number of benzene rings is 2. The molecule has 20 unspecified atom stereocenters. The lowest BCUT2D eigenvalue weighted by Gasteiger charge is -2.48. The molecule has 4 aliphatic heterocycles. The van der Waals surface area contributed by atoms with Gasteiger partial charge >= 0.3 is 0 Å². The van der Waals surface area contributed by atoms with Crippen molar-refractivity contribution in [2.24, 2.45) is 0 Å². The number of ether oxygens (including phenoxy) is 8. The molecule has 4 fully saturated rings. The van der Waals surface area contributed by atoms with Crippen LogP contribution in [0.1, 0.15) is 13.8 Å². The molecule has 24 nitrogen and oxygen atoms in total. The zero-order valence-electron chi connectivity index (χ0n) is 33.3. The molecule has 4 saturated heterocycles. The second kappa shape index (κ2) is 18.9. The molecule has 0 saturated carbocycles. The van der Waals surface area contributed by atoms with Gasteiger partial charge < -0.3 is 114 Å². The van der Waals surface area contributed by atoms with Crippen molar-refractivity contribution in [1.29, 1.82) is 0 Å². The summed E-state index contributed by atoms with van der Waals surface area (Å²) in [5.41, 5.74) is -1.38. The fourth-order valence-corrected chi connectivity index (χ4v) is 7.65. The molecule has 0 spiro atoms. The van der Waals surface area contributed by atoms with Crippen LogP contribution in [0.3, 0.4) is 0 Å². The molecule has 3 aromatic rings.